The quantitative estimate of drug-likeness (QED) is 0.791. The average molecular weight is 367 g/mol. The first kappa shape index (κ1) is 17.2. The summed E-state index contributed by atoms with van der Waals surface area (Å²) >= 11 is 0. The van der Waals surface area contributed by atoms with Crippen LogP contribution in [0.3, 0.4) is 0 Å². The molecular weight excluding hydrogens is 338 g/mol. The molecular formula is C22H29N3O2. The van der Waals surface area contributed by atoms with E-state index in [0.29, 0.717) is 25.6 Å². The van der Waals surface area contributed by atoms with Crippen molar-refractivity contribution in [2.45, 2.75) is 57.5 Å². The number of imidazole rings is 1. The molecule has 0 spiro atoms. The van der Waals surface area contributed by atoms with Gasteiger partial charge in [0.15, 0.2) is 5.82 Å². The number of para-hydroxylation sites is 2. The van der Waals surface area contributed by atoms with E-state index in [2.05, 4.69) is 10.3 Å². The van der Waals surface area contributed by atoms with Crippen molar-refractivity contribution in [2.75, 3.05) is 13.2 Å². The number of benzene rings is 1. The molecule has 6 rings (SSSR count). The third-order valence-electron chi connectivity index (χ3n) is 6.94. The molecule has 0 unspecified atom stereocenters. The Balaban J connectivity index is 1.43. The van der Waals surface area contributed by atoms with Crippen LogP contribution in [0.1, 0.15) is 56.1 Å². The van der Waals surface area contributed by atoms with Gasteiger partial charge in [-0.2, -0.15) is 0 Å². The highest BCUT2D eigenvalue weighted by atomic mass is 16.5. The molecule has 1 amide bonds. The van der Waals surface area contributed by atoms with Crippen molar-refractivity contribution < 1.29 is 9.53 Å². The first-order valence-corrected chi connectivity index (χ1v) is 10.5. The minimum atomic E-state index is -0.00958. The molecule has 144 valence electrons. The Bertz CT molecular complexity index is 821. The van der Waals surface area contributed by atoms with Gasteiger partial charge in [-0.25, -0.2) is 4.98 Å². The zero-order valence-electron chi connectivity index (χ0n) is 16.1. The van der Waals surface area contributed by atoms with Gasteiger partial charge in [-0.15, -0.1) is 0 Å². The Morgan fingerprint density at radius 1 is 1.19 bits per heavy atom. The molecule has 0 saturated heterocycles. The molecule has 4 aliphatic rings. The first-order chi connectivity index (χ1) is 13.2. The molecule has 4 fully saturated rings. The van der Waals surface area contributed by atoms with E-state index in [9.17, 15) is 4.79 Å². The van der Waals surface area contributed by atoms with Crippen molar-refractivity contribution in [3.8, 4) is 0 Å². The van der Waals surface area contributed by atoms with Crippen LogP contribution in [0.5, 0.6) is 0 Å². The van der Waals surface area contributed by atoms with E-state index in [1.165, 1.54) is 19.3 Å². The highest BCUT2D eigenvalue weighted by Crippen LogP contribution is 2.55. The molecule has 4 aliphatic carbocycles. The van der Waals surface area contributed by atoms with Gasteiger partial charge in [-0.05, 0) is 75.3 Å². The molecule has 4 saturated carbocycles. The van der Waals surface area contributed by atoms with Crippen molar-refractivity contribution in [1.82, 2.24) is 14.9 Å². The summed E-state index contributed by atoms with van der Waals surface area (Å²) in [5, 5.41) is 3.47. The number of amides is 1. The number of hydrogen-bond acceptors (Lipinski definition) is 3. The van der Waals surface area contributed by atoms with E-state index in [1.807, 2.05) is 35.8 Å². The lowest BCUT2D eigenvalue weighted by Gasteiger charge is -2.56. The molecule has 1 aromatic carbocycles. The summed E-state index contributed by atoms with van der Waals surface area (Å²) in [6.07, 6.45) is 7.60. The van der Waals surface area contributed by atoms with E-state index in [4.69, 9.17) is 4.74 Å². The van der Waals surface area contributed by atoms with E-state index >= 15 is 0 Å². The number of fused-ring (bicyclic) bond motifs is 1. The Labute approximate surface area is 160 Å². The second kappa shape index (κ2) is 6.62. The maximum atomic E-state index is 13.3. The van der Waals surface area contributed by atoms with Gasteiger partial charge in [-0.1, -0.05) is 12.1 Å². The smallest absolute Gasteiger partial charge is 0.287 e. The summed E-state index contributed by atoms with van der Waals surface area (Å²) in [5.41, 5.74) is 1.90. The number of nitrogens with zero attached hydrogens (tertiary/aromatic N) is 2. The summed E-state index contributed by atoms with van der Waals surface area (Å²) in [5.74, 6) is 2.96. The number of nitrogens with one attached hydrogen (secondary N) is 1. The lowest BCUT2D eigenvalue weighted by molar-refractivity contribution is -0.0169. The van der Waals surface area contributed by atoms with Crippen LogP contribution in [0.4, 0.5) is 0 Å². The molecule has 0 radical (unpaired) electrons. The van der Waals surface area contributed by atoms with Crippen molar-refractivity contribution in [2.24, 2.45) is 17.8 Å². The molecule has 0 aliphatic heterocycles. The second-order valence-corrected chi connectivity index (χ2v) is 8.92. The number of rotatable bonds is 6. The van der Waals surface area contributed by atoms with E-state index in [1.54, 1.807) is 0 Å². The minimum Gasteiger partial charge on any atom is -0.380 e. The summed E-state index contributed by atoms with van der Waals surface area (Å²) < 4.78 is 7.57. The Morgan fingerprint density at radius 3 is 2.52 bits per heavy atom. The van der Waals surface area contributed by atoms with Gasteiger partial charge in [0.25, 0.3) is 5.91 Å². The van der Waals surface area contributed by atoms with Gasteiger partial charge in [0, 0.05) is 18.7 Å². The molecule has 5 heteroatoms. The van der Waals surface area contributed by atoms with Crippen LogP contribution >= 0.6 is 0 Å². The lowest BCUT2D eigenvalue weighted by atomic mass is 9.53. The third kappa shape index (κ3) is 3.06. The Kier molecular flexibility index (Phi) is 4.23. The number of aromatic nitrogens is 2. The van der Waals surface area contributed by atoms with Crippen LogP contribution < -0.4 is 5.32 Å². The lowest BCUT2D eigenvalue weighted by Crippen LogP contribution is -2.60. The molecule has 1 heterocycles. The van der Waals surface area contributed by atoms with Crippen molar-refractivity contribution in [3.05, 3.63) is 30.1 Å². The Hall–Kier alpha value is -1.88. The topological polar surface area (TPSA) is 56.1 Å². The monoisotopic (exact) mass is 367 g/mol. The number of carbonyl (C=O) groups is 1. The SMILES string of the molecule is CCOCCn1c(C(=O)NC23CC4CC(CC(C4)C2)C3)nc2ccccc21. The summed E-state index contributed by atoms with van der Waals surface area (Å²) in [6, 6.07) is 7.99. The van der Waals surface area contributed by atoms with Crippen molar-refractivity contribution in [3.63, 3.8) is 0 Å². The normalized spacial score (nSPS) is 31.5. The highest BCUT2D eigenvalue weighted by Gasteiger charge is 2.51. The predicted molar refractivity (Wildman–Crippen MR) is 105 cm³/mol. The van der Waals surface area contributed by atoms with E-state index in [0.717, 1.165) is 48.0 Å². The van der Waals surface area contributed by atoms with Crippen molar-refractivity contribution in [1.29, 1.82) is 0 Å². The number of hydrogen-bond donors (Lipinski definition) is 1. The van der Waals surface area contributed by atoms with Crippen LogP contribution in [0.25, 0.3) is 11.0 Å². The predicted octanol–water partition coefficient (Wildman–Crippen LogP) is 3.77. The minimum absolute atomic E-state index is 0.00865. The molecule has 0 atom stereocenters. The van der Waals surface area contributed by atoms with E-state index < -0.39 is 0 Å². The third-order valence-corrected chi connectivity index (χ3v) is 6.94. The Morgan fingerprint density at radius 2 is 1.85 bits per heavy atom. The van der Waals surface area contributed by atoms with Crippen LogP contribution in [-0.2, 0) is 11.3 Å². The molecule has 5 nitrogen and oxygen atoms in total. The molecule has 1 aromatic heterocycles. The average Bonchev–Trinajstić information content (AvgIpc) is 2.99. The zero-order valence-corrected chi connectivity index (χ0v) is 16.1. The maximum Gasteiger partial charge on any atom is 0.287 e. The first-order valence-electron chi connectivity index (χ1n) is 10.5. The van der Waals surface area contributed by atoms with Crippen LogP contribution in [0.2, 0.25) is 0 Å². The second-order valence-electron chi connectivity index (χ2n) is 8.92. The maximum absolute atomic E-state index is 13.3. The fraction of sp³-hybridized carbons (Fsp3) is 0.636. The summed E-state index contributed by atoms with van der Waals surface area (Å²) in [4.78, 5) is 18.0. The van der Waals surface area contributed by atoms with E-state index in [-0.39, 0.29) is 11.4 Å². The van der Waals surface area contributed by atoms with Gasteiger partial charge in [0.2, 0.25) is 0 Å². The largest absolute Gasteiger partial charge is 0.380 e. The highest BCUT2D eigenvalue weighted by molar-refractivity contribution is 5.95. The van der Waals surface area contributed by atoms with Crippen molar-refractivity contribution >= 4 is 16.9 Å². The van der Waals surface area contributed by atoms with Crippen LogP contribution in [0.15, 0.2) is 24.3 Å². The van der Waals surface area contributed by atoms with Gasteiger partial charge in [-0.3, -0.25) is 4.79 Å². The van der Waals surface area contributed by atoms with Gasteiger partial charge in [0.1, 0.15) is 0 Å². The molecule has 1 N–H and O–H groups in total. The van der Waals surface area contributed by atoms with Gasteiger partial charge < -0.3 is 14.6 Å². The standard InChI is InChI=1S/C22H29N3O2/c1-2-27-8-7-25-19-6-4-3-5-18(19)23-20(25)21(26)24-22-12-15-9-16(13-22)11-17(10-15)14-22/h3-6,15-17H,2,7-14H2,1H3,(H,24,26). The molecule has 4 bridgehead atoms. The number of carbonyl (C=O) groups excluding carboxylic acids is 1. The number of ether oxygens (including phenoxy) is 1. The van der Waals surface area contributed by atoms with Crippen LogP contribution in [0, 0.1) is 17.8 Å². The molecule has 27 heavy (non-hydrogen) atoms. The van der Waals surface area contributed by atoms with Gasteiger partial charge in [0.05, 0.1) is 17.6 Å². The summed E-state index contributed by atoms with van der Waals surface area (Å²) in [6.45, 7) is 3.92. The summed E-state index contributed by atoms with van der Waals surface area (Å²) in [7, 11) is 0. The zero-order chi connectivity index (χ0) is 18.4. The van der Waals surface area contributed by atoms with Crippen LogP contribution in [-0.4, -0.2) is 34.2 Å². The van der Waals surface area contributed by atoms with Gasteiger partial charge >= 0.3 is 0 Å². The fourth-order valence-corrected chi connectivity index (χ4v) is 6.34. The molecule has 2 aromatic rings. The fourth-order valence-electron chi connectivity index (χ4n) is 6.34.